The molecule has 2 N–H and O–H groups in total. The number of aryl methyl sites for hydroxylation is 1. The summed E-state index contributed by atoms with van der Waals surface area (Å²) in [6.45, 7) is 3.95. The van der Waals surface area contributed by atoms with Gasteiger partial charge in [0.15, 0.2) is 0 Å². The van der Waals surface area contributed by atoms with Crippen LogP contribution < -0.4 is 10.6 Å². The standard InChI is InChI=1S/C21H19ClN2O2S/c1-13-6-3-4-7-16(13)14(2)23-20(25)15-9-10-17(22)18(12-15)24-21(26)19-8-5-11-27-19/h3-12,14H,1-2H3,(H,23,25)(H,24,26). The van der Waals surface area contributed by atoms with Crippen LogP contribution in [0, 0.1) is 6.92 Å². The first-order chi connectivity index (χ1) is 13.0. The number of benzene rings is 2. The van der Waals surface area contributed by atoms with E-state index in [2.05, 4.69) is 10.6 Å². The average Bonchev–Trinajstić information content (AvgIpc) is 3.18. The predicted octanol–water partition coefficient (Wildman–Crippen LogP) is 5.45. The molecule has 27 heavy (non-hydrogen) atoms. The lowest BCUT2D eigenvalue weighted by Crippen LogP contribution is -2.27. The molecule has 4 nitrogen and oxygen atoms in total. The van der Waals surface area contributed by atoms with Gasteiger partial charge in [-0.2, -0.15) is 0 Å². The van der Waals surface area contributed by atoms with Crippen molar-refractivity contribution in [2.24, 2.45) is 0 Å². The summed E-state index contributed by atoms with van der Waals surface area (Å²) in [6, 6.07) is 16.2. The summed E-state index contributed by atoms with van der Waals surface area (Å²) in [5.41, 5.74) is 3.02. The highest BCUT2D eigenvalue weighted by molar-refractivity contribution is 7.12. The van der Waals surface area contributed by atoms with Gasteiger partial charge >= 0.3 is 0 Å². The number of hydrogen-bond acceptors (Lipinski definition) is 3. The Morgan fingerprint density at radius 3 is 2.52 bits per heavy atom. The summed E-state index contributed by atoms with van der Waals surface area (Å²) in [5.74, 6) is -0.480. The third-order valence-electron chi connectivity index (χ3n) is 4.22. The van der Waals surface area contributed by atoms with E-state index in [0.29, 0.717) is 21.2 Å². The number of carbonyl (C=O) groups is 2. The van der Waals surface area contributed by atoms with Crippen molar-refractivity contribution in [2.75, 3.05) is 5.32 Å². The van der Waals surface area contributed by atoms with Gasteiger partial charge in [0.2, 0.25) is 0 Å². The van der Waals surface area contributed by atoms with E-state index in [0.717, 1.165) is 11.1 Å². The van der Waals surface area contributed by atoms with Gasteiger partial charge in [0.05, 0.1) is 21.6 Å². The van der Waals surface area contributed by atoms with Gasteiger partial charge in [-0.1, -0.05) is 41.9 Å². The van der Waals surface area contributed by atoms with Gasteiger partial charge in [0.1, 0.15) is 0 Å². The molecule has 6 heteroatoms. The van der Waals surface area contributed by atoms with Crippen LogP contribution in [0.5, 0.6) is 0 Å². The van der Waals surface area contributed by atoms with Gasteiger partial charge in [0, 0.05) is 5.56 Å². The van der Waals surface area contributed by atoms with Gasteiger partial charge in [-0.05, 0) is 54.6 Å². The minimum atomic E-state index is -0.252. The third-order valence-corrected chi connectivity index (χ3v) is 5.42. The molecule has 3 rings (SSSR count). The number of halogens is 1. The molecule has 0 bridgehead atoms. The molecule has 0 fully saturated rings. The van der Waals surface area contributed by atoms with Crippen LogP contribution in [0.2, 0.25) is 5.02 Å². The molecule has 3 aromatic rings. The SMILES string of the molecule is Cc1ccccc1C(C)NC(=O)c1ccc(Cl)c(NC(=O)c2cccs2)c1. The summed E-state index contributed by atoms with van der Waals surface area (Å²) in [5, 5.41) is 7.95. The van der Waals surface area contributed by atoms with Crippen molar-refractivity contribution >= 4 is 40.4 Å². The zero-order chi connectivity index (χ0) is 19.4. The van der Waals surface area contributed by atoms with Crippen molar-refractivity contribution in [2.45, 2.75) is 19.9 Å². The monoisotopic (exact) mass is 398 g/mol. The Balaban J connectivity index is 1.75. The summed E-state index contributed by atoms with van der Waals surface area (Å²) >= 11 is 7.53. The Kier molecular flexibility index (Phi) is 5.94. The van der Waals surface area contributed by atoms with Crippen molar-refractivity contribution in [3.05, 3.63) is 86.6 Å². The molecule has 138 valence electrons. The zero-order valence-corrected chi connectivity index (χ0v) is 16.5. The number of rotatable bonds is 5. The van der Waals surface area contributed by atoms with Crippen LogP contribution in [0.25, 0.3) is 0 Å². The minimum absolute atomic E-state index is 0.140. The van der Waals surface area contributed by atoms with Gasteiger partial charge in [-0.15, -0.1) is 11.3 Å². The molecule has 0 saturated heterocycles. The van der Waals surface area contributed by atoms with Gasteiger partial charge < -0.3 is 10.6 Å². The number of thiophene rings is 1. The predicted molar refractivity (Wildman–Crippen MR) is 111 cm³/mol. The summed E-state index contributed by atoms with van der Waals surface area (Å²) in [7, 11) is 0. The van der Waals surface area contributed by atoms with E-state index in [1.165, 1.54) is 11.3 Å². The van der Waals surface area contributed by atoms with E-state index in [9.17, 15) is 9.59 Å². The minimum Gasteiger partial charge on any atom is -0.346 e. The quantitative estimate of drug-likeness (QED) is 0.600. The second-order valence-corrected chi connectivity index (χ2v) is 7.53. The normalized spacial score (nSPS) is 11.7. The molecular formula is C21H19ClN2O2S. The summed E-state index contributed by atoms with van der Waals surface area (Å²) in [4.78, 5) is 25.5. The molecule has 0 saturated carbocycles. The summed E-state index contributed by atoms with van der Waals surface area (Å²) < 4.78 is 0. The van der Waals surface area contributed by atoms with E-state index in [1.54, 1.807) is 30.3 Å². The van der Waals surface area contributed by atoms with Crippen molar-refractivity contribution in [3.8, 4) is 0 Å². The van der Waals surface area contributed by atoms with E-state index in [-0.39, 0.29) is 17.9 Å². The number of anilines is 1. The second kappa shape index (κ2) is 8.37. The molecule has 2 aromatic carbocycles. The van der Waals surface area contributed by atoms with Crippen molar-refractivity contribution in [3.63, 3.8) is 0 Å². The fourth-order valence-corrected chi connectivity index (χ4v) is 3.57. The third kappa shape index (κ3) is 4.56. The van der Waals surface area contributed by atoms with E-state index >= 15 is 0 Å². The molecule has 1 aromatic heterocycles. The maximum Gasteiger partial charge on any atom is 0.265 e. The van der Waals surface area contributed by atoms with Crippen LogP contribution in [0.15, 0.2) is 60.0 Å². The zero-order valence-electron chi connectivity index (χ0n) is 15.0. The molecule has 1 atom stereocenters. The first-order valence-corrected chi connectivity index (χ1v) is 9.72. The molecule has 2 amide bonds. The molecule has 0 aliphatic heterocycles. The van der Waals surface area contributed by atoms with Gasteiger partial charge in [-0.3, -0.25) is 9.59 Å². The van der Waals surface area contributed by atoms with E-state index < -0.39 is 0 Å². The first-order valence-electron chi connectivity index (χ1n) is 8.46. The Bertz CT molecular complexity index is 970. The van der Waals surface area contributed by atoms with Crippen LogP contribution >= 0.6 is 22.9 Å². The highest BCUT2D eigenvalue weighted by Crippen LogP contribution is 2.25. The first kappa shape index (κ1) is 19.1. The topological polar surface area (TPSA) is 58.2 Å². The van der Waals surface area contributed by atoms with Gasteiger partial charge in [0.25, 0.3) is 11.8 Å². The van der Waals surface area contributed by atoms with Crippen molar-refractivity contribution in [1.29, 1.82) is 0 Å². The van der Waals surface area contributed by atoms with E-state index in [4.69, 9.17) is 11.6 Å². The van der Waals surface area contributed by atoms with Crippen LogP contribution in [0.4, 0.5) is 5.69 Å². The van der Waals surface area contributed by atoms with Crippen LogP contribution in [0.3, 0.4) is 0 Å². The fourth-order valence-electron chi connectivity index (χ4n) is 2.78. The van der Waals surface area contributed by atoms with Crippen molar-refractivity contribution < 1.29 is 9.59 Å². The summed E-state index contributed by atoms with van der Waals surface area (Å²) in [6.07, 6.45) is 0. The molecule has 0 aliphatic carbocycles. The molecule has 1 heterocycles. The van der Waals surface area contributed by atoms with Gasteiger partial charge in [-0.25, -0.2) is 0 Å². The number of carbonyl (C=O) groups excluding carboxylic acids is 2. The maximum atomic E-state index is 12.7. The smallest absolute Gasteiger partial charge is 0.265 e. The Morgan fingerprint density at radius 1 is 1.04 bits per heavy atom. The Morgan fingerprint density at radius 2 is 1.81 bits per heavy atom. The van der Waals surface area contributed by atoms with E-state index in [1.807, 2.05) is 43.5 Å². The largest absolute Gasteiger partial charge is 0.346 e. The maximum absolute atomic E-state index is 12.7. The average molecular weight is 399 g/mol. The lowest BCUT2D eigenvalue weighted by atomic mass is 10.0. The van der Waals surface area contributed by atoms with Crippen LogP contribution in [0.1, 0.15) is 44.1 Å². The van der Waals surface area contributed by atoms with Crippen LogP contribution in [-0.4, -0.2) is 11.8 Å². The van der Waals surface area contributed by atoms with Crippen LogP contribution in [-0.2, 0) is 0 Å². The highest BCUT2D eigenvalue weighted by atomic mass is 35.5. The molecule has 0 radical (unpaired) electrons. The number of hydrogen-bond donors (Lipinski definition) is 2. The molecule has 0 spiro atoms. The number of amides is 2. The molecule has 1 unspecified atom stereocenters. The Hall–Kier alpha value is -2.63. The lowest BCUT2D eigenvalue weighted by Gasteiger charge is -2.17. The second-order valence-electron chi connectivity index (χ2n) is 6.18. The molecule has 0 aliphatic rings. The Labute approximate surface area is 167 Å². The highest BCUT2D eigenvalue weighted by Gasteiger charge is 2.16. The number of nitrogens with one attached hydrogen (secondary N) is 2. The lowest BCUT2D eigenvalue weighted by molar-refractivity contribution is 0.0938. The fraction of sp³-hybridized carbons (Fsp3) is 0.143. The van der Waals surface area contributed by atoms with Crippen molar-refractivity contribution in [1.82, 2.24) is 5.32 Å². The molecular weight excluding hydrogens is 380 g/mol.